The topological polar surface area (TPSA) is 74.5 Å². The number of aromatic nitrogens is 2. The molecule has 0 saturated carbocycles. The Kier molecular flexibility index (Phi) is 4.56. The highest BCUT2D eigenvalue weighted by Crippen LogP contribution is 2.25. The van der Waals surface area contributed by atoms with E-state index in [-0.39, 0.29) is 5.97 Å². The zero-order chi connectivity index (χ0) is 16.9. The summed E-state index contributed by atoms with van der Waals surface area (Å²) in [7, 11) is 1.60. The minimum Gasteiger partial charge on any atom is -0.497 e. The SMILES string of the molecule is CCOC(=O)c1ccc(-c2nc(-c3cccc(OC)c3)no2)cc1. The van der Waals surface area contributed by atoms with Crippen LogP contribution in [0.2, 0.25) is 0 Å². The van der Waals surface area contributed by atoms with Crippen molar-refractivity contribution in [3.8, 4) is 28.6 Å². The van der Waals surface area contributed by atoms with Gasteiger partial charge in [-0.3, -0.25) is 0 Å². The smallest absolute Gasteiger partial charge is 0.338 e. The number of hydrogen-bond donors (Lipinski definition) is 0. The van der Waals surface area contributed by atoms with Crippen molar-refractivity contribution in [3.05, 3.63) is 54.1 Å². The van der Waals surface area contributed by atoms with Crippen LogP contribution >= 0.6 is 0 Å². The molecule has 1 heterocycles. The van der Waals surface area contributed by atoms with Crippen molar-refractivity contribution < 1.29 is 18.8 Å². The molecule has 0 bridgehead atoms. The summed E-state index contributed by atoms with van der Waals surface area (Å²) in [5.41, 5.74) is 2.00. The molecule has 0 aliphatic carbocycles. The maximum atomic E-state index is 11.7. The number of benzene rings is 2. The van der Waals surface area contributed by atoms with Crippen LogP contribution in [0.15, 0.2) is 53.1 Å². The fraction of sp³-hybridized carbons (Fsp3) is 0.167. The van der Waals surface area contributed by atoms with Crippen LogP contribution in [0.5, 0.6) is 5.75 Å². The van der Waals surface area contributed by atoms with E-state index in [1.165, 1.54) is 0 Å². The molecular weight excluding hydrogens is 308 g/mol. The highest BCUT2D eigenvalue weighted by molar-refractivity contribution is 5.89. The monoisotopic (exact) mass is 324 g/mol. The summed E-state index contributed by atoms with van der Waals surface area (Å²) in [6, 6.07) is 14.2. The third kappa shape index (κ3) is 3.27. The van der Waals surface area contributed by atoms with E-state index in [1.807, 2.05) is 24.3 Å². The third-order valence-electron chi connectivity index (χ3n) is 3.40. The van der Waals surface area contributed by atoms with Gasteiger partial charge in [-0.15, -0.1) is 0 Å². The predicted molar refractivity (Wildman–Crippen MR) is 87.7 cm³/mol. The first-order valence-electron chi connectivity index (χ1n) is 7.47. The normalized spacial score (nSPS) is 10.4. The highest BCUT2D eigenvalue weighted by atomic mass is 16.5. The molecule has 3 rings (SSSR count). The van der Waals surface area contributed by atoms with Crippen LogP contribution in [0, 0.1) is 0 Å². The summed E-state index contributed by atoms with van der Waals surface area (Å²) in [6.07, 6.45) is 0. The van der Waals surface area contributed by atoms with Gasteiger partial charge in [0.2, 0.25) is 5.82 Å². The second kappa shape index (κ2) is 6.95. The van der Waals surface area contributed by atoms with Crippen molar-refractivity contribution in [2.75, 3.05) is 13.7 Å². The minimum absolute atomic E-state index is 0.341. The summed E-state index contributed by atoms with van der Waals surface area (Å²) in [6.45, 7) is 2.11. The standard InChI is InChI=1S/C18H16N2O4/c1-3-23-18(21)13-9-7-12(8-10-13)17-19-16(20-24-17)14-5-4-6-15(11-14)22-2/h4-11H,3H2,1-2H3. The van der Waals surface area contributed by atoms with E-state index in [0.717, 1.165) is 16.9 Å². The van der Waals surface area contributed by atoms with Crippen LogP contribution in [0.1, 0.15) is 17.3 Å². The summed E-state index contributed by atoms with van der Waals surface area (Å²) >= 11 is 0. The quantitative estimate of drug-likeness (QED) is 0.668. The Morgan fingerprint density at radius 2 is 1.92 bits per heavy atom. The number of esters is 1. The van der Waals surface area contributed by atoms with Crippen LogP contribution in [-0.2, 0) is 4.74 Å². The van der Waals surface area contributed by atoms with Gasteiger partial charge in [0, 0.05) is 11.1 Å². The number of methoxy groups -OCH3 is 1. The first-order chi connectivity index (χ1) is 11.7. The molecule has 0 radical (unpaired) electrons. The summed E-state index contributed by atoms with van der Waals surface area (Å²) in [4.78, 5) is 16.0. The number of carbonyl (C=O) groups excluding carboxylic acids is 1. The molecule has 122 valence electrons. The van der Waals surface area contributed by atoms with Gasteiger partial charge in [0.05, 0.1) is 19.3 Å². The molecule has 6 nitrogen and oxygen atoms in total. The molecule has 0 fully saturated rings. The largest absolute Gasteiger partial charge is 0.497 e. The molecule has 0 spiro atoms. The Morgan fingerprint density at radius 1 is 1.12 bits per heavy atom. The lowest BCUT2D eigenvalue weighted by Gasteiger charge is -2.01. The molecule has 2 aromatic carbocycles. The molecule has 1 aromatic heterocycles. The molecule has 3 aromatic rings. The maximum Gasteiger partial charge on any atom is 0.338 e. The lowest BCUT2D eigenvalue weighted by atomic mass is 10.1. The number of nitrogens with zero attached hydrogens (tertiary/aromatic N) is 2. The molecule has 0 saturated heterocycles. The molecule has 0 aliphatic rings. The fourth-order valence-corrected chi connectivity index (χ4v) is 2.18. The van der Waals surface area contributed by atoms with Crippen LogP contribution in [0.25, 0.3) is 22.8 Å². The summed E-state index contributed by atoms with van der Waals surface area (Å²) < 4.78 is 15.5. The van der Waals surface area contributed by atoms with E-state index >= 15 is 0 Å². The van der Waals surface area contributed by atoms with Gasteiger partial charge in [-0.1, -0.05) is 17.3 Å². The second-order valence-electron chi connectivity index (χ2n) is 4.95. The minimum atomic E-state index is -0.355. The van der Waals surface area contributed by atoms with Crippen molar-refractivity contribution in [2.45, 2.75) is 6.92 Å². The van der Waals surface area contributed by atoms with Crippen molar-refractivity contribution in [2.24, 2.45) is 0 Å². The zero-order valence-electron chi connectivity index (χ0n) is 13.4. The lowest BCUT2D eigenvalue weighted by Crippen LogP contribution is -2.03. The molecule has 6 heteroatoms. The zero-order valence-corrected chi connectivity index (χ0v) is 13.4. The number of carbonyl (C=O) groups is 1. The Balaban J connectivity index is 1.83. The number of rotatable bonds is 5. The Bertz CT molecular complexity index is 840. The Morgan fingerprint density at radius 3 is 2.62 bits per heavy atom. The summed E-state index contributed by atoms with van der Waals surface area (Å²) in [5, 5.41) is 3.99. The summed E-state index contributed by atoms with van der Waals surface area (Å²) in [5.74, 6) is 1.21. The van der Waals surface area contributed by atoms with E-state index in [9.17, 15) is 4.79 Å². The van der Waals surface area contributed by atoms with Gasteiger partial charge < -0.3 is 14.0 Å². The van der Waals surface area contributed by atoms with E-state index in [4.69, 9.17) is 14.0 Å². The van der Waals surface area contributed by atoms with Crippen LogP contribution in [-0.4, -0.2) is 29.8 Å². The van der Waals surface area contributed by atoms with Crippen molar-refractivity contribution in [3.63, 3.8) is 0 Å². The second-order valence-corrected chi connectivity index (χ2v) is 4.95. The van der Waals surface area contributed by atoms with Crippen molar-refractivity contribution in [1.82, 2.24) is 10.1 Å². The number of hydrogen-bond acceptors (Lipinski definition) is 6. The van der Waals surface area contributed by atoms with Crippen molar-refractivity contribution >= 4 is 5.97 Å². The maximum absolute atomic E-state index is 11.7. The average Bonchev–Trinajstić information content (AvgIpc) is 3.12. The van der Waals surface area contributed by atoms with E-state index in [1.54, 1.807) is 38.3 Å². The first-order valence-corrected chi connectivity index (χ1v) is 7.47. The Labute approximate surface area is 139 Å². The Hall–Kier alpha value is -3.15. The van der Waals surface area contributed by atoms with Gasteiger partial charge in [-0.05, 0) is 43.3 Å². The lowest BCUT2D eigenvalue weighted by molar-refractivity contribution is 0.0526. The van der Waals surface area contributed by atoms with Gasteiger partial charge in [0.1, 0.15) is 5.75 Å². The molecule has 0 unspecified atom stereocenters. The fourth-order valence-electron chi connectivity index (χ4n) is 2.18. The third-order valence-corrected chi connectivity index (χ3v) is 3.40. The molecule has 0 atom stereocenters. The van der Waals surface area contributed by atoms with Gasteiger partial charge in [0.25, 0.3) is 5.89 Å². The van der Waals surface area contributed by atoms with Gasteiger partial charge >= 0.3 is 5.97 Å². The molecule has 24 heavy (non-hydrogen) atoms. The van der Waals surface area contributed by atoms with Gasteiger partial charge in [-0.2, -0.15) is 4.98 Å². The molecule has 0 aliphatic heterocycles. The van der Waals surface area contributed by atoms with Gasteiger partial charge in [-0.25, -0.2) is 4.79 Å². The molecule has 0 amide bonds. The molecular formula is C18H16N2O4. The first kappa shape index (κ1) is 15.7. The van der Waals surface area contributed by atoms with E-state index in [2.05, 4.69) is 10.1 Å². The van der Waals surface area contributed by atoms with Crippen LogP contribution < -0.4 is 4.74 Å². The van der Waals surface area contributed by atoms with E-state index in [0.29, 0.717) is 23.9 Å². The van der Waals surface area contributed by atoms with Crippen LogP contribution in [0.3, 0.4) is 0 Å². The predicted octanol–water partition coefficient (Wildman–Crippen LogP) is 3.59. The van der Waals surface area contributed by atoms with Crippen molar-refractivity contribution in [1.29, 1.82) is 0 Å². The highest BCUT2D eigenvalue weighted by Gasteiger charge is 2.12. The van der Waals surface area contributed by atoms with Crippen LogP contribution in [0.4, 0.5) is 0 Å². The average molecular weight is 324 g/mol. The van der Waals surface area contributed by atoms with Gasteiger partial charge in [0.15, 0.2) is 0 Å². The van der Waals surface area contributed by atoms with E-state index < -0.39 is 0 Å². The molecule has 0 N–H and O–H groups in total. The number of ether oxygens (including phenoxy) is 2.